The van der Waals surface area contributed by atoms with Gasteiger partial charge in [-0.05, 0) is 30.3 Å². The molecule has 144 valence electrons. The number of benzene rings is 2. The fourth-order valence-electron chi connectivity index (χ4n) is 3.17. The maximum Gasteiger partial charge on any atom is 0.242 e. The third-order valence-corrected chi connectivity index (χ3v) is 6.94. The predicted molar refractivity (Wildman–Crippen MR) is 118 cm³/mol. The van der Waals surface area contributed by atoms with E-state index in [1.807, 2.05) is 48.5 Å². The number of carbonyl (C=O) groups is 1. The molecule has 0 fully saturated rings. The number of anilines is 2. The average molecular weight is 459 g/mol. The van der Waals surface area contributed by atoms with E-state index in [4.69, 9.17) is 23.2 Å². The van der Waals surface area contributed by atoms with E-state index in [1.165, 1.54) is 11.8 Å². The lowest BCUT2D eigenvalue weighted by molar-refractivity contribution is -0.115. The Morgan fingerprint density at radius 2 is 1.66 bits per heavy atom. The number of pyridine rings is 1. The Kier molecular flexibility index (Phi) is 4.91. The Morgan fingerprint density at radius 3 is 2.34 bits per heavy atom. The van der Waals surface area contributed by atoms with Crippen molar-refractivity contribution in [2.75, 3.05) is 10.7 Å². The summed E-state index contributed by atoms with van der Waals surface area (Å²) in [6.07, 6.45) is 1.69. The summed E-state index contributed by atoms with van der Waals surface area (Å²) >= 11 is 15.2. The van der Waals surface area contributed by atoms with Gasteiger partial charge in [-0.2, -0.15) is 0 Å². The van der Waals surface area contributed by atoms with Crippen LogP contribution in [0, 0.1) is 0 Å². The van der Waals surface area contributed by atoms with Gasteiger partial charge in [-0.3, -0.25) is 14.1 Å². The van der Waals surface area contributed by atoms with Crippen LogP contribution in [-0.2, 0) is 4.79 Å². The molecule has 9 heteroatoms. The number of hydrogen-bond acceptors (Lipinski definition) is 5. The van der Waals surface area contributed by atoms with E-state index < -0.39 is 0 Å². The number of amides is 1. The molecule has 2 aromatic carbocycles. The Balaban J connectivity index is 1.46. The first-order valence-corrected chi connectivity index (χ1v) is 11.2. The second-order valence-electron chi connectivity index (χ2n) is 6.24. The monoisotopic (exact) mass is 458 g/mol. The number of carbonyl (C=O) groups excluding carboxylic acids is 1. The van der Waals surface area contributed by atoms with Crippen LogP contribution in [0.1, 0.15) is 0 Å². The average Bonchev–Trinajstić information content (AvgIpc) is 3.13. The first-order valence-electron chi connectivity index (χ1n) is 8.63. The summed E-state index contributed by atoms with van der Waals surface area (Å²) in [5.74, 6) is 0.151. The van der Waals surface area contributed by atoms with Crippen LogP contribution in [-0.4, -0.2) is 26.3 Å². The van der Waals surface area contributed by atoms with Crippen LogP contribution in [0.4, 0.5) is 11.4 Å². The van der Waals surface area contributed by atoms with Crippen LogP contribution in [0.15, 0.2) is 75.7 Å². The van der Waals surface area contributed by atoms with Crippen LogP contribution in [0.25, 0.3) is 5.65 Å². The van der Waals surface area contributed by atoms with E-state index in [2.05, 4.69) is 10.2 Å². The number of rotatable bonds is 3. The van der Waals surface area contributed by atoms with Crippen LogP contribution in [0.5, 0.6) is 0 Å². The first-order chi connectivity index (χ1) is 14.1. The lowest BCUT2D eigenvalue weighted by atomic mass is 10.2. The van der Waals surface area contributed by atoms with Gasteiger partial charge in [0, 0.05) is 16.0 Å². The summed E-state index contributed by atoms with van der Waals surface area (Å²) in [6.45, 7) is 0. The third-order valence-electron chi connectivity index (χ3n) is 4.40. The summed E-state index contributed by atoms with van der Waals surface area (Å²) < 4.78 is 1.70. The molecule has 0 saturated carbocycles. The summed E-state index contributed by atoms with van der Waals surface area (Å²) in [5.41, 5.74) is 2.29. The van der Waals surface area contributed by atoms with E-state index in [9.17, 15) is 4.79 Å². The zero-order chi connectivity index (χ0) is 20.0. The van der Waals surface area contributed by atoms with Crippen LogP contribution >= 0.6 is 46.7 Å². The minimum Gasteiger partial charge on any atom is -0.278 e. The molecule has 1 amide bonds. The van der Waals surface area contributed by atoms with Crippen molar-refractivity contribution < 1.29 is 4.79 Å². The van der Waals surface area contributed by atoms with Crippen molar-refractivity contribution in [1.29, 1.82) is 0 Å². The Bertz CT molecular complexity index is 1210. The molecule has 0 radical (unpaired) electrons. The Morgan fingerprint density at radius 1 is 1.00 bits per heavy atom. The van der Waals surface area contributed by atoms with Gasteiger partial charge in [0.15, 0.2) is 10.8 Å². The highest BCUT2D eigenvalue weighted by atomic mass is 35.5. The van der Waals surface area contributed by atoms with Crippen molar-refractivity contribution in [3.63, 3.8) is 0 Å². The van der Waals surface area contributed by atoms with E-state index in [1.54, 1.807) is 33.3 Å². The van der Waals surface area contributed by atoms with Gasteiger partial charge in [0.25, 0.3) is 0 Å². The van der Waals surface area contributed by atoms with Crippen LogP contribution in [0.2, 0.25) is 10.0 Å². The fourth-order valence-corrected chi connectivity index (χ4v) is 5.49. The number of fused-ring (bicyclic) bond motifs is 3. The lowest BCUT2D eigenvalue weighted by Gasteiger charge is -2.30. The predicted octanol–water partition coefficient (Wildman–Crippen LogP) is 5.96. The second-order valence-corrected chi connectivity index (χ2v) is 9.11. The molecule has 0 bridgehead atoms. The van der Waals surface area contributed by atoms with Crippen molar-refractivity contribution in [3.05, 3.63) is 70.8 Å². The highest BCUT2D eigenvalue weighted by Gasteiger charge is 2.28. The second kappa shape index (κ2) is 7.57. The van der Waals surface area contributed by atoms with Gasteiger partial charge in [0.1, 0.15) is 0 Å². The third kappa shape index (κ3) is 3.38. The molecule has 0 N–H and O–H groups in total. The van der Waals surface area contributed by atoms with E-state index in [0.717, 1.165) is 21.2 Å². The fraction of sp³-hybridized carbons (Fsp3) is 0.0500. The summed E-state index contributed by atoms with van der Waals surface area (Å²) in [7, 11) is 0. The Labute approximate surface area is 185 Å². The molecule has 1 aliphatic rings. The lowest BCUT2D eigenvalue weighted by Crippen LogP contribution is -2.30. The topological polar surface area (TPSA) is 50.5 Å². The Hall–Kier alpha value is -2.19. The molecule has 5 nitrogen and oxygen atoms in total. The van der Waals surface area contributed by atoms with E-state index >= 15 is 0 Å². The van der Waals surface area contributed by atoms with Gasteiger partial charge in [0.2, 0.25) is 5.91 Å². The smallest absolute Gasteiger partial charge is 0.242 e. The normalized spacial score (nSPS) is 12.7. The minimum atomic E-state index is -0.0416. The largest absolute Gasteiger partial charge is 0.278 e. The number of thioether (sulfide) groups is 1. The van der Waals surface area contributed by atoms with Crippen molar-refractivity contribution in [2.24, 2.45) is 0 Å². The summed E-state index contributed by atoms with van der Waals surface area (Å²) in [6, 6.07) is 17.4. The SMILES string of the molecule is O=C(CSc1nnc2c(Cl)cc(Cl)cn12)N1c2ccccc2Sc2ccccc21. The molecular weight excluding hydrogens is 447 g/mol. The highest BCUT2D eigenvalue weighted by molar-refractivity contribution is 8.00. The molecule has 1 aliphatic heterocycles. The highest BCUT2D eigenvalue weighted by Crippen LogP contribution is 2.48. The number of nitrogens with zero attached hydrogens (tertiary/aromatic N) is 4. The quantitative estimate of drug-likeness (QED) is 0.354. The van der Waals surface area contributed by atoms with Crippen LogP contribution in [0.3, 0.4) is 0 Å². The molecule has 0 atom stereocenters. The van der Waals surface area contributed by atoms with Gasteiger partial charge < -0.3 is 0 Å². The van der Waals surface area contributed by atoms with Crippen LogP contribution < -0.4 is 4.90 Å². The standard InChI is InChI=1S/C20H12Cl2N4OS2/c21-12-9-13(22)19-23-24-20(25(19)10-12)28-11-18(27)26-14-5-1-3-7-16(14)29-17-8-4-2-6-15(17)26/h1-10H,11H2. The zero-order valence-corrected chi connectivity index (χ0v) is 17.9. The number of aromatic nitrogens is 3. The van der Waals surface area contributed by atoms with Crippen molar-refractivity contribution in [3.8, 4) is 0 Å². The molecule has 0 saturated heterocycles. The number of halogens is 2. The van der Waals surface area contributed by atoms with E-state index in [-0.39, 0.29) is 11.7 Å². The first kappa shape index (κ1) is 18.8. The summed E-state index contributed by atoms with van der Waals surface area (Å²) in [4.78, 5) is 17.2. The van der Waals surface area contributed by atoms with Gasteiger partial charge in [-0.25, -0.2) is 0 Å². The number of para-hydroxylation sites is 2. The maximum absolute atomic E-state index is 13.3. The molecule has 4 aromatic rings. The molecule has 0 unspecified atom stereocenters. The molecule has 0 aliphatic carbocycles. The minimum absolute atomic E-state index is 0.0416. The molecule has 0 spiro atoms. The summed E-state index contributed by atoms with van der Waals surface area (Å²) in [5, 5.41) is 9.71. The maximum atomic E-state index is 13.3. The molecule has 3 heterocycles. The van der Waals surface area contributed by atoms with Crippen molar-refractivity contribution >= 4 is 69.7 Å². The van der Waals surface area contributed by atoms with Gasteiger partial charge in [0.05, 0.1) is 27.2 Å². The van der Waals surface area contributed by atoms with Gasteiger partial charge in [-0.15, -0.1) is 10.2 Å². The molecular formula is C20H12Cl2N4OS2. The van der Waals surface area contributed by atoms with Gasteiger partial charge >= 0.3 is 0 Å². The van der Waals surface area contributed by atoms with Crippen molar-refractivity contribution in [2.45, 2.75) is 14.9 Å². The van der Waals surface area contributed by atoms with E-state index in [0.29, 0.717) is 20.8 Å². The molecule has 2 aromatic heterocycles. The van der Waals surface area contributed by atoms with Gasteiger partial charge in [-0.1, -0.05) is 71.0 Å². The molecule has 5 rings (SSSR count). The molecule has 29 heavy (non-hydrogen) atoms. The van der Waals surface area contributed by atoms with Crippen molar-refractivity contribution in [1.82, 2.24) is 14.6 Å². The zero-order valence-electron chi connectivity index (χ0n) is 14.8. The number of hydrogen-bond donors (Lipinski definition) is 0.